The Morgan fingerprint density at radius 3 is 2.46 bits per heavy atom. The Labute approximate surface area is 162 Å². The number of rotatable bonds is 7. The predicted octanol–water partition coefficient (Wildman–Crippen LogP) is 3.39. The van der Waals surface area contributed by atoms with Crippen LogP contribution in [-0.4, -0.2) is 29.4 Å². The zero-order valence-electron chi connectivity index (χ0n) is 15.5. The van der Waals surface area contributed by atoms with Gasteiger partial charge in [-0.1, -0.05) is 37.3 Å². The molecule has 4 N–H and O–H groups in total. The molecule has 0 aromatic heterocycles. The molecule has 2 amide bonds. The molecule has 0 saturated carbocycles. The number of amides is 2. The van der Waals surface area contributed by atoms with E-state index < -0.39 is 24.0 Å². The number of phenols is 1. The quantitative estimate of drug-likeness (QED) is 0.329. The highest BCUT2D eigenvalue weighted by atomic mass is 16.6. The highest BCUT2D eigenvalue weighted by molar-refractivity contribution is 5.86. The Kier molecular flexibility index (Phi) is 7.41. The van der Waals surface area contributed by atoms with Crippen LogP contribution in [-0.2, 0) is 9.53 Å². The second-order valence-electron chi connectivity index (χ2n) is 5.94. The smallest absolute Gasteiger partial charge is 0.412 e. The molecular formula is C20H22N2O6. The minimum absolute atomic E-state index is 0.110. The fourth-order valence-corrected chi connectivity index (χ4v) is 2.52. The lowest BCUT2D eigenvalue weighted by Gasteiger charge is -2.23. The van der Waals surface area contributed by atoms with Gasteiger partial charge in [0, 0.05) is 17.7 Å². The van der Waals surface area contributed by atoms with Gasteiger partial charge in [-0.05, 0) is 29.8 Å². The van der Waals surface area contributed by atoms with E-state index in [9.17, 15) is 14.7 Å². The van der Waals surface area contributed by atoms with Crippen LogP contribution in [0.4, 0.5) is 10.5 Å². The van der Waals surface area contributed by atoms with Gasteiger partial charge >= 0.3 is 6.09 Å². The average Bonchev–Trinajstić information content (AvgIpc) is 2.70. The van der Waals surface area contributed by atoms with Crippen LogP contribution >= 0.6 is 0 Å². The van der Waals surface area contributed by atoms with E-state index in [0.717, 1.165) is 6.08 Å². The number of anilines is 1. The third-order valence-electron chi connectivity index (χ3n) is 3.92. The summed E-state index contributed by atoms with van der Waals surface area (Å²) in [4.78, 5) is 23.6. The summed E-state index contributed by atoms with van der Waals surface area (Å²) in [6.07, 6.45) is 1.09. The number of carbonyl (C=O) groups excluding carboxylic acids is 2. The number of methoxy groups -OCH3 is 1. The molecule has 0 spiro atoms. The van der Waals surface area contributed by atoms with Crippen molar-refractivity contribution in [2.24, 2.45) is 5.92 Å². The van der Waals surface area contributed by atoms with Crippen molar-refractivity contribution in [3.63, 3.8) is 0 Å². The van der Waals surface area contributed by atoms with E-state index in [2.05, 4.69) is 5.32 Å². The molecule has 148 valence electrons. The zero-order valence-corrected chi connectivity index (χ0v) is 15.5. The van der Waals surface area contributed by atoms with Crippen LogP contribution in [0, 0.1) is 5.92 Å². The minimum Gasteiger partial charge on any atom is -0.504 e. The number of para-hydroxylation sites is 1. The standard InChI is InChI=1S/C20H22N2O6/c1-13(8-11-18(24)22-26)19(14-9-10-17(27-2)16(23)12-14)28-20(25)21-15-6-4-3-5-7-15/h3-13,19,23,26H,1-2H3,(H,21,25)(H,22,24)/b11-8+/t13-,19-/m1/s1. The zero-order chi connectivity index (χ0) is 20.5. The molecule has 0 aliphatic carbocycles. The molecule has 28 heavy (non-hydrogen) atoms. The van der Waals surface area contributed by atoms with Gasteiger partial charge in [-0.25, -0.2) is 10.3 Å². The Hall–Kier alpha value is -3.52. The number of hydrogen-bond acceptors (Lipinski definition) is 6. The van der Waals surface area contributed by atoms with Gasteiger partial charge in [0.25, 0.3) is 5.91 Å². The van der Waals surface area contributed by atoms with Gasteiger partial charge in [0.05, 0.1) is 7.11 Å². The second-order valence-corrected chi connectivity index (χ2v) is 5.94. The highest BCUT2D eigenvalue weighted by Crippen LogP contribution is 2.34. The highest BCUT2D eigenvalue weighted by Gasteiger charge is 2.23. The number of hydroxylamine groups is 1. The van der Waals surface area contributed by atoms with Gasteiger partial charge < -0.3 is 14.6 Å². The van der Waals surface area contributed by atoms with Gasteiger partial charge in [-0.2, -0.15) is 0 Å². The van der Waals surface area contributed by atoms with Gasteiger partial charge in [0.1, 0.15) is 6.10 Å². The van der Waals surface area contributed by atoms with Gasteiger partial charge in [0.15, 0.2) is 11.5 Å². The first-order valence-corrected chi connectivity index (χ1v) is 8.46. The first-order valence-electron chi connectivity index (χ1n) is 8.46. The molecule has 2 aromatic carbocycles. The SMILES string of the molecule is COc1ccc([C@H](OC(=O)Nc2ccccc2)[C@H](C)/C=C/C(=O)NO)cc1O. The summed E-state index contributed by atoms with van der Waals surface area (Å²) < 4.78 is 10.6. The Balaban J connectivity index is 2.24. The summed E-state index contributed by atoms with van der Waals surface area (Å²) in [5.41, 5.74) is 2.56. The number of aromatic hydroxyl groups is 1. The van der Waals surface area contributed by atoms with Crippen LogP contribution in [0.5, 0.6) is 11.5 Å². The average molecular weight is 386 g/mol. The monoisotopic (exact) mass is 386 g/mol. The summed E-state index contributed by atoms with van der Waals surface area (Å²) >= 11 is 0. The third-order valence-corrected chi connectivity index (χ3v) is 3.92. The Morgan fingerprint density at radius 1 is 1.14 bits per heavy atom. The summed E-state index contributed by atoms with van der Waals surface area (Å²) in [5, 5.41) is 21.3. The molecule has 2 atom stereocenters. The molecule has 0 fully saturated rings. The van der Waals surface area contributed by atoms with E-state index in [1.165, 1.54) is 24.7 Å². The van der Waals surface area contributed by atoms with Crippen LogP contribution in [0.2, 0.25) is 0 Å². The largest absolute Gasteiger partial charge is 0.504 e. The maximum Gasteiger partial charge on any atom is 0.412 e. The molecule has 0 aliphatic heterocycles. The van der Waals surface area contributed by atoms with Crippen molar-refractivity contribution in [3.8, 4) is 11.5 Å². The van der Waals surface area contributed by atoms with E-state index in [1.807, 2.05) is 6.07 Å². The maximum atomic E-state index is 12.3. The van der Waals surface area contributed by atoms with Crippen molar-refractivity contribution < 1.29 is 29.4 Å². The summed E-state index contributed by atoms with van der Waals surface area (Å²) in [5.74, 6) is -0.996. The van der Waals surface area contributed by atoms with E-state index in [0.29, 0.717) is 11.3 Å². The molecular weight excluding hydrogens is 364 g/mol. The first-order chi connectivity index (χ1) is 13.4. The van der Waals surface area contributed by atoms with Crippen LogP contribution in [0.3, 0.4) is 0 Å². The number of ether oxygens (including phenoxy) is 2. The van der Waals surface area contributed by atoms with Crippen LogP contribution in [0.15, 0.2) is 60.7 Å². The molecule has 0 saturated heterocycles. The number of benzene rings is 2. The van der Waals surface area contributed by atoms with Crippen molar-refractivity contribution in [1.82, 2.24) is 5.48 Å². The molecule has 0 bridgehead atoms. The molecule has 0 radical (unpaired) electrons. The normalized spacial score (nSPS) is 12.8. The van der Waals surface area contributed by atoms with Gasteiger partial charge in [-0.3, -0.25) is 15.3 Å². The molecule has 8 heteroatoms. The predicted molar refractivity (Wildman–Crippen MR) is 102 cm³/mol. The van der Waals surface area contributed by atoms with Crippen molar-refractivity contribution >= 4 is 17.7 Å². The summed E-state index contributed by atoms with van der Waals surface area (Å²) in [6, 6.07) is 13.4. The van der Waals surface area contributed by atoms with Gasteiger partial charge in [0.2, 0.25) is 0 Å². The van der Waals surface area contributed by atoms with Crippen LogP contribution in [0.1, 0.15) is 18.6 Å². The Morgan fingerprint density at radius 2 is 1.86 bits per heavy atom. The fraction of sp³-hybridized carbons (Fsp3) is 0.200. The topological polar surface area (TPSA) is 117 Å². The van der Waals surface area contributed by atoms with Crippen LogP contribution < -0.4 is 15.5 Å². The molecule has 0 aliphatic rings. The first kappa shape index (κ1) is 20.8. The fourth-order valence-electron chi connectivity index (χ4n) is 2.52. The van der Waals surface area contributed by atoms with Crippen molar-refractivity contribution in [1.29, 1.82) is 0 Å². The van der Waals surface area contributed by atoms with E-state index in [-0.39, 0.29) is 11.5 Å². The summed E-state index contributed by atoms with van der Waals surface area (Å²) in [6.45, 7) is 1.73. The molecule has 0 heterocycles. The lowest BCUT2D eigenvalue weighted by molar-refractivity contribution is -0.124. The van der Waals surface area contributed by atoms with Crippen LogP contribution in [0.25, 0.3) is 0 Å². The number of carbonyl (C=O) groups is 2. The van der Waals surface area contributed by atoms with Crippen molar-refractivity contribution in [2.75, 3.05) is 12.4 Å². The lowest BCUT2D eigenvalue weighted by Crippen LogP contribution is -2.22. The minimum atomic E-state index is -0.816. The van der Waals surface area contributed by atoms with E-state index >= 15 is 0 Å². The molecule has 0 unspecified atom stereocenters. The van der Waals surface area contributed by atoms with E-state index in [1.54, 1.807) is 43.3 Å². The molecule has 2 aromatic rings. The number of hydrogen-bond donors (Lipinski definition) is 4. The van der Waals surface area contributed by atoms with E-state index in [4.69, 9.17) is 14.7 Å². The second kappa shape index (κ2) is 9.98. The number of phenolic OH excluding ortho intramolecular Hbond substituents is 1. The lowest BCUT2D eigenvalue weighted by atomic mass is 9.96. The molecule has 2 rings (SSSR count). The van der Waals surface area contributed by atoms with Crippen molar-refractivity contribution in [2.45, 2.75) is 13.0 Å². The Bertz CT molecular complexity index is 838. The molecule has 8 nitrogen and oxygen atoms in total. The van der Waals surface area contributed by atoms with Gasteiger partial charge in [-0.15, -0.1) is 0 Å². The number of nitrogens with one attached hydrogen (secondary N) is 2. The summed E-state index contributed by atoms with van der Waals surface area (Å²) in [7, 11) is 1.43. The maximum absolute atomic E-state index is 12.3. The van der Waals surface area contributed by atoms with Crippen molar-refractivity contribution in [3.05, 3.63) is 66.2 Å². The third kappa shape index (κ3) is 5.75.